The summed E-state index contributed by atoms with van der Waals surface area (Å²) in [6, 6.07) is 5.47. The van der Waals surface area contributed by atoms with Crippen LogP contribution in [0.1, 0.15) is 37.7 Å². The highest BCUT2D eigenvalue weighted by molar-refractivity contribution is 5.85. The first-order chi connectivity index (χ1) is 11.7. The van der Waals surface area contributed by atoms with Gasteiger partial charge >= 0.3 is 0 Å². The number of ether oxygens (including phenoxy) is 3. The lowest BCUT2D eigenvalue weighted by Crippen LogP contribution is -2.50. The van der Waals surface area contributed by atoms with Crippen molar-refractivity contribution in [2.24, 2.45) is 5.73 Å². The van der Waals surface area contributed by atoms with Crippen molar-refractivity contribution >= 4 is 18.3 Å². The molecule has 1 heterocycles. The summed E-state index contributed by atoms with van der Waals surface area (Å²) >= 11 is 0. The summed E-state index contributed by atoms with van der Waals surface area (Å²) in [5.41, 5.74) is 7.05. The Morgan fingerprint density at radius 2 is 2.00 bits per heavy atom. The maximum atomic E-state index is 12.8. The highest BCUT2D eigenvalue weighted by Crippen LogP contribution is 2.33. The molecule has 2 N–H and O–H groups in total. The van der Waals surface area contributed by atoms with Crippen LogP contribution in [0.3, 0.4) is 0 Å². The number of carbonyl (C=O) groups is 1. The Morgan fingerprint density at radius 1 is 1.28 bits per heavy atom. The second-order valence-electron chi connectivity index (χ2n) is 6.51. The van der Waals surface area contributed by atoms with Crippen molar-refractivity contribution in [1.82, 2.24) is 4.90 Å². The number of benzene rings is 1. The minimum atomic E-state index is -0.620. The molecular formula is C18H27ClN2O4. The molecular weight excluding hydrogens is 344 g/mol. The fraction of sp³-hybridized carbons (Fsp3) is 0.611. The third kappa shape index (κ3) is 4.77. The van der Waals surface area contributed by atoms with Gasteiger partial charge in [-0.05, 0) is 30.5 Å². The van der Waals surface area contributed by atoms with E-state index in [0.717, 1.165) is 42.7 Å². The van der Waals surface area contributed by atoms with E-state index < -0.39 is 6.04 Å². The number of fused-ring (bicyclic) bond motifs is 1. The number of nitrogens with zero attached hydrogens (tertiary/aromatic N) is 1. The van der Waals surface area contributed by atoms with Crippen molar-refractivity contribution < 1.29 is 19.0 Å². The zero-order chi connectivity index (χ0) is 16.9. The summed E-state index contributed by atoms with van der Waals surface area (Å²) in [7, 11) is 1.57. The Labute approximate surface area is 155 Å². The number of hydrogen-bond acceptors (Lipinski definition) is 5. The van der Waals surface area contributed by atoms with Crippen LogP contribution in [0.15, 0.2) is 18.2 Å². The largest absolute Gasteiger partial charge is 0.454 e. The van der Waals surface area contributed by atoms with Gasteiger partial charge in [0, 0.05) is 19.7 Å². The van der Waals surface area contributed by atoms with Crippen LogP contribution in [0.25, 0.3) is 0 Å². The molecule has 1 aliphatic carbocycles. The molecule has 1 saturated carbocycles. The Hall–Kier alpha value is -1.50. The number of carbonyl (C=O) groups excluding carboxylic acids is 1. The molecule has 1 amide bonds. The quantitative estimate of drug-likeness (QED) is 0.832. The lowest BCUT2D eigenvalue weighted by molar-refractivity contribution is -0.137. The molecule has 6 nitrogen and oxygen atoms in total. The Kier molecular flexibility index (Phi) is 7.35. The molecule has 1 unspecified atom stereocenters. The Balaban J connectivity index is 0.00000225. The summed E-state index contributed by atoms with van der Waals surface area (Å²) in [5, 5.41) is 0. The van der Waals surface area contributed by atoms with Gasteiger partial charge < -0.3 is 24.8 Å². The van der Waals surface area contributed by atoms with Crippen LogP contribution in [-0.4, -0.2) is 43.4 Å². The fourth-order valence-electron chi connectivity index (χ4n) is 3.48. The van der Waals surface area contributed by atoms with E-state index in [0.29, 0.717) is 6.54 Å². The van der Waals surface area contributed by atoms with E-state index in [1.165, 1.54) is 6.42 Å². The number of halogens is 1. The number of methoxy groups -OCH3 is 1. The van der Waals surface area contributed by atoms with Gasteiger partial charge in [-0.25, -0.2) is 0 Å². The predicted octanol–water partition coefficient (Wildman–Crippen LogP) is 2.47. The fourth-order valence-corrected chi connectivity index (χ4v) is 3.48. The van der Waals surface area contributed by atoms with Gasteiger partial charge in [0.05, 0.1) is 6.61 Å². The molecule has 25 heavy (non-hydrogen) atoms. The van der Waals surface area contributed by atoms with Gasteiger partial charge in [0.15, 0.2) is 11.5 Å². The van der Waals surface area contributed by atoms with Crippen LogP contribution in [-0.2, 0) is 16.1 Å². The van der Waals surface area contributed by atoms with Crippen molar-refractivity contribution in [2.75, 3.05) is 20.5 Å². The lowest BCUT2D eigenvalue weighted by Gasteiger charge is -2.36. The first-order valence-corrected chi connectivity index (χ1v) is 8.62. The van der Waals surface area contributed by atoms with Crippen molar-refractivity contribution in [2.45, 2.75) is 50.7 Å². The van der Waals surface area contributed by atoms with Crippen LogP contribution < -0.4 is 15.2 Å². The van der Waals surface area contributed by atoms with E-state index in [2.05, 4.69) is 0 Å². The standard InChI is InChI=1S/C18H26N2O4.ClH/c1-22-11-15(19)18(21)20(14-5-3-2-4-6-14)10-13-7-8-16-17(9-13)24-12-23-16;/h7-9,14-15H,2-6,10-12,19H2,1H3;1H. The van der Waals surface area contributed by atoms with Crippen LogP contribution in [0.5, 0.6) is 11.5 Å². The van der Waals surface area contributed by atoms with E-state index in [1.807, 2.05) is 23.1 Å². The predicted molar refractivity (Wildman–Crippen MR) is 97.1 cm³/mol. The molecule has 1 aromatic rings. The smallest absolute Gasteiger partial charge is 0.242 e. The maximum Gasteiger partial charge on any atom is 0.242 e. The van der Waals surface area contributed by atoms with Crippen molar-refractivity contribution in [3.8, 4) is 11.5 Å². The highest BCUT2D eigenvalue weighted by Gasteiger charge is 2.29. The van der Waals surface area contributed by atoms with Gasteiger partial charge in [0.25, 0.3) is 0 Å². The average molecular weight is 371 g/mol. The highest BCUT2D eigenvalue weighted by atomic mass is 35.5. The van der Waals surface area contributed by atoms with Gasteiger partial charge in [-0.3, -0.25) is 4.79 Å². The Bertz CT molecular complexity index is 578. The maximum absolute atomic E-state index is 12.8. The van der Waals surface area contributed by atoms with Crippen LogP contribution >= 0.6 is 12.4 Å². The Morgan fingerprint density at radius 3 is 2.72 bits per heavy atom. The summed E-state index contributed by atoms with van der Waals surface area (Å²) in [4.78, 5) is 14.8. The molecule has 1 aliphatic heterocycles. The van der Waals surface area contributed by atoms with Gasteiger partial charge in [0.2, 0.25) is 12.7 Å². The molecule has 0 spiro atoms. The molecule has 0 aromatic heterocycles. The first kappa shape index (κ1) is 19.8. The SMILES string of the molecule is COCC(N)C(=O)N(Cc1ccc2c(c1)OCO2)C1CCCCC1.Cl. The summed E-state index contributed by atoms with van der Waals surface area (Å²) < 4.78 is 15.9. The van der Waals surface area contributed by atoms with Crippen LogP contribution in [0, 0.1) is 0 Å². The number of amides is 1. The van der Waals surface area contributed by atoms with Gasteiger partial charge in [-0.2, -0.15) is 0 Å². The number of nitrogens with two attached hydrogens (primary N) is 1. The van der Waals surface area contributed by atoms with E-state index in [1.54, 1.807) is 7.11 Å². The second kappa shape index (κ2) is 9.27. The van der Waals surface area contributed by atoms with Crippen LogP contribution in [0.2, 0.25) is 0 Å². The molecule has 1 aromatic carbocycles. The molecule has 140 valence electrons. The summed E-state index contributed by atoms with van der Waals surface area (Å²) in [6.07, 6.45) is 5.64. The molecule has 7 heteroatoms. The summed E-state index contributed by atoms with van der Waals surface area (Å²) in [6.45, 7) is 1.03. The molecule has 2 aliphatic rings. The molecule has 0 bridgehead atoms. The average Bonchev–Trinajstić information content (AvgIpc) is 3.08. The minimum Gasteiger partial charge on any atom is -0.454 e. The molecule has 1 fully saturated rings. The van der Waals surface area contributed by atoms with Gasteiger partial charge in [0.1, 0.15) is 6.04 Å². The zero-order valence-electron chi connectivity index (χ0n) is 14.6. The molecule has 3 rings (SSSR count). The number of rotatable bonds is 6. The minimum absolute atomic E-state index is 0. The lowest BCUT2D eigenvalue weighted by atomic mass is 9.93. The topological polar surface area (TPSA) is 74.0 Å². The van der Waals surface area contributed by atoms with Gasteiger partial charge in [-0.1, -0.05) is 25.3 Å². The van der Waals surface area contributed by atoms with Crippen molar-refractivity contribution in [3.05, 3.63) is 23.8 Å². The van der Waals surface area contributed by atoms with E-state index in [4.69, 9.17) is 19.9 Å². The third-order valence-electron chi connectivity index (χ3n) is 4.75. The van der Waals surface area contributed by atoms with Crippen molar-refractivity contribution in [3.63, 3.8) is 0 Å². The van der Waals surface area contributed by atoms with Crippen LogP contribution in [0.4, 0.5) is 0 Å². The normalized spacial score (nSPS) is 17.7. The monoisotopic (exact) mass is 370 g/mol. The molecule has 0 saturated heterocycles. The third-order valence-corrected chi connectivity index (χ3v) is 4.75. The second-order valence-corrected chi connectivity index (χ2v) is 6.51. The van der Waals surface area contributed by atoms with Crippen molar-refractivity contribution in [1.29, 1.82) is 0 Å². The van der Waals surface area contributed by atoms with Gasteiger partial charge in [-0.15, -0.1) is 12.4 Å². The zero-order valence-corrected chi connectivity index (χ0v) is 15.4. The number of hydrogen-bond donors (Lipinski definition) is 1. The van der Waals surface area contributed by atoms with E-state index in [-0.39, 0.29) is 37.8 Å². The molecule has 0 radical (unpaired) electrons. The van der Waals surface area contributed by atoms with E-state index in [9.17, 15) is 4.79 Å². The summed E-state index contributed by atoms with van der Waals surface area (Å²) in [5.74, 6) is 1.46. The van der Waals surface area contributed by atoms with E-state index >= 15 is 0 Å². The molecule has 1 atom stereocenters. The first-order valence-electron chi connectivity index (χ1n) is 8.62.